The minimum absolute atomic E-state index is 0.0369. The second-order valence-corrected chi connectivity index (χ2v) is 17.9. The first-order valence-electron chi connectivity index (χ1n) is 23.2. The molecule has 5 heterocycles. The number of rotatable bonds is 19. The minimum Gasteiger partial charge on any atom is -0.494 e. The van der Waals surface area contributed by atoms with Gasteiger partial charge in [-0.05, 0) is 97.7 Å². The minimum atomic E-state index is -0.686. The SMILES string of the molecule is CCn1nc(C)cc1C(=O)Nc1nc2cc(C=O)cc(OC)c2n1C/C=C/Cn1c(NC(=O)c2cc(C)nn2CC)nc2cc(C(N)=O)cc(OC/C=C\CN3CCC(NC(=O)OC(C)(C)C)CC3)c21. The third-order valence-electron chi connectivity index (χ3n) is 11.5. The topological polar surface area (TPSA) is 250 Å². The number of benzene rings is 2. The molecule has 70 heavy (non-hydrogen) atoms. The summed E-state index contributed by atoms with van der Waals surface area (Å²) in [5.74, 6) is -0.489. The van der Waals surface area contributed by atoms with Gasteiger partial charge in [0.15, 0.2) is 0 Å². The van der Waals surface area contributed by atoms with Gasteiger partial charge < -0.3 is 34.4 Å². The van der Waals surface area contributed by atoms with Gasteiger partial charge >= 0.3 is 6.09 Å². The number of ether oxygens (including phenoxy) is 3. The largest absolute Gasteiger partial charge is 0.494 e. The number of piperidine rings is 1. The van der Waals surface area contributed by atoms with E-state index in [2.05, 4.69) is 31.0 Å². The number of methoxy groups -OCH3 is 1. The molecule has 2 aromatic carbocycles. The number of carbonyl (C=O) groups excluding carboxylic acids is 5. The van der Waals surface area contributed by atoms with Crippen LogP contribution in [0.3, 0.4) is 0 Å². The third-order valence-corrected chi connectivity index (χ3v) is 11.5. The molecule has 1 aliphatic rings. The first kappa shape index (κ1) is 50.1. The molecule has 370 valence electrons. The number of allylic oxidation sites excluding steroid dienone is 2. The average Bonchev–Trinajstić information content (AvgIpc) is 4.09. The number of fused-ring (bicyclic) bond motifs is 2. The van der Waals surface area contributed by atoms with Crippen molar-refractivity contribution in [1.29, 1.82) is 0 Å². The molecule has 0 bridgehead atoms. The molecular formula is C49H61N13O8. The molecule has 0 atom stereocenters. The molecule has 4 aromatic heterocycles. The van der Waals surface area contributed by atoms with Crippen LogP contribution in [0.5, 0.6) is 11.5 Å². The van der Waals surface area contributed by atoms with E-state index in [0.717, 1.165) is 25.9 Å². The Morgan fingerprint density at radius 2 is 1.30 bits per heavy atom. The highest BCUT2D eigenvalue weighted by molar-refractivity contribution is 6.05. The van der Waals surface area contributed by atoms with E-state index < -0.39 is 29.4 Å². The molecule has 4 amide bonds. The van der Waals surface area contributed by atoms with E-state index in [1.807, 2.05) is 65.8 Å². The van der Waals surface area contributed by atoms with Crippen molar-refractivity contribution in [2.24, 2.45) is 5.73 Å². The van der Waals surface area contributed by atoms with Gasteiger partial charge in [-0.2, -0.15) is 10.2 Å². The van der Waals surface area contributed by atoms with E-state index in [1.165, 1.54) is 7.11 Å². The van der Waals surface area contributed by atoms with Crippen molar-refractivity contribution in [1.82, 2.24) is 48.9 Å². The number of aldehydes is 1. The molecule has 5 N–H and O–H groups in total. The number of amides is 4. The zero-order chi connectivity index (χ0) is 50.3. The normalized spacial score (nSPS) is 13.7. The van der Waals surface area contributed by atoms with Gasteiger partial charge in [-0.25, -0.2) is 14.8 Å². The summed E-state index contributed by atoms with van der Waals surface area (Å²) in [5.41, 5.74) is 9.61. The summed E-state index contributed by atoms with van der Waals surface area (Å²) in [5, 5.41) is 17.7. The van der Waals surface area contributed by atoms with Crippen LogP contribution in [0.25, 0.3) is 22.1 Å². The quantitative estimate of drug-likeness (QED) is 0.0535. The molecule has 0 unspecified atom stereocenters. The van der Waals surface area contributed by atoms with Crippen molar-refractivity contribution in [3.05, 3.63) is 94.6 Å². The highest BCUT2D eigenvalue weighted by atomic mass is 16.6. The van der Waals surface area contributed by atoms with Crippen LogP contribution in [0.4, 0.5) is 16.7 Å². The van der Waals surface area contributed by atoms with E-state index in [0.29, 0.717) is 87.8 Å². The maximum atomic E-state index is 13.9. The summed E-state index contributed by atoms with van der Waals surface area (Å²) in [6.45, 7) is 16.6. The first-order chi connectivity index (χ1) is 33.5. The van der Waals surface area contributed by atoms with E-state index in [-0.39, 0.29) is 43.2 Å². The Hall–Kier alpha value is -7.81. The number of hydrogen-bond donors (Lipinski definition) is 4. The van der Waals surface area contributed by atoms with Gasteiger partial charge in [0.1, 0.15) is 52.4 Å². The number of hydrogen-bond acceptors (Lipinski definition) is 13. The fourth-order valence-electron chi connectivity index (χ4n) is 8.30. The highest BCUT2D eigenvalue weighted by Gasteiger charge is 2.25. The third kappa shape index (κ3) is 11.7. The number of alkyl carbamates (subject to hydrolysis) is 1. The standard InChI is InChI=1S/C49H61N13O8/c1-9-61-37(23-30(3)56-61)44(65)54-46-52-35-25-32(29-63)26-39(68-8)41(35)59(46)18-11-12-19-60-42-36(53-47(60)55-45(66)38-24-31(4)57-62(38)10-2)27-33(43(50)64)28-40(42)69-22-14-13-17-58-20-15-34(16-21-58)51-48(67)70-49(5,6)7/h11-14,23-29,34H,9-10,15-22H2,1-8H3,(H2,50,64)(H,51,67)(H,52,54,65)(H,53,55,66)/b12-11+,14-13-. The van der Waals surface area contributed by atoms with Crippen LogP contribution in [0, 0.1) is 13.8 Å². The monoisotopic (exact) mass is 959 g/mol. The lowest BCUT2D eigenvalue weighted by Crippen LogP contribution is -2.46. The van der Waals surface area contributed by atoms with Crippen LogP contribution < -0.4 is 31.2 Å². The number of likely N-dealkylation sites (tertiary alicyclic amines) is 1. The van der Waals surface area contributed by atoms with Crippen molar-refractivity contribution in [2.45, 2.75) is 99.1 Å². The van der Waals surface area contributed by atoms with Crippen LogP contribution in [-0.4, -0.2) is 119 Å². The van der Waals surface area contributed by atoms with Crippen molar-refractivity contribution in [2.75, 3.05) is 44.0 Å². The van der Waals surface area contributed by atoms with Gasteiger partial charge in [0.25, 0.3) is 11.8 Å². The van der Waals surface area contributed by atoms with Gasteiger partial charge in [-0.1, -0.05) is 24.3 Å². The lowest BCUT2D eigenvalue weighted by atomic mass is 10.1. The van der Waals surface area contributed by atoms with E-state index >= 15 is 0 Å². The number of nitrogens with zero attached hydrogens (tertiary/aromatic N) is 9. The summed E-state index contributed by atoms with van der Waals surface area (Å²) >= 11 is 0. The zero-order valence-electron chi connectivity index (χ0n) is 40.9. The predicted octanol–water partition coefficient (Wildman–Crippen LogP) is 6.04. The second kappa shape index (κ2) is 21.6. The van der Waals surface area contributed by atoms with Crippen molar-refractivity contribution >= 4 is 64.1 Å². The van der Waals surface area contributed by atoms with Crippen LogP contribution in [0.2, 0.25) is 0 Å². The smallest absolute Gasteiger partial charge is 0.407 e. The van der Waals surface area contributed by atoms with Crippen molar-refractivity contribution < 1.29 is 38.2 Å². The molecule has 7 rings (SSSR count). The van der Waals surface area contributed by atoms with E-state index in [1.54, 1.807) is 61.8 Å². The summed E-state index contributed by atoms with van der Waals surface area (Å²) in [7, 11) is 1.49. The maximum absolute atomic E-state index is 13.9. The van der Waals surface area contributed by atoms with Gasteiger partial charge in [0.05, 0.1) is 29.5 Å². The first-order valence-corrected chi connectivity index (χ1v) is 23.2. The predicted molar refractivity (Wildman–Crippen MR) is 264 cm³/mol. The van der Waals surface area contributed by atoms with Crippen LogP contribution in [-0.2, 0) is 30.9 Å². The lowest BCUT2D eigenvalue weighted by molar-refractivity contribution is 0.0480. The number of carbonyl (C=O) groups is 5. The summed E-state index contributed by atoms with van der Waals surface area (Å²) < 4.78 is 24.2. The summed E-state index contributed by atoms with van der Waals surface area (Å²) in [6, 6.07) is 9.75. The van der Waals surface area contributed by atoms with Crippen molar-refractivity contribution in [3.63, 3.8) is 0 Å². The van der Waals surface area contributed by atoms with E-state index in [9.17, 15) is 24.0 Å². The fraction of sp³-hybridized carbons (Fsp3) is 0.408. The van der Waals surface area contributed by atoms with Crippen LogP contribution in [0.15, 0.2) is 60.7 Å². The Bertz CT molecular complexity index is 2980. The van der Waals surface area contributed by atoms with Crippen LogP contribution >= 0.6 is 0 Å². The van der Waals surface area contributed by atoms with Gasteiger partial charge in [0, 0.05) is 63.0 Å². The fourth-order valence-corrected chi connectivity index (χ4v) is 8.30. The Balaban J connectivity index is 1.17. The van der Waals surface area contributed by atoms with Gasteiger partial charge in [-0.3, -0.25) is 44.1 Å². The molecular weight excluding hydrogens is 899 g/mol. The number of aromatic nitrogens is 8. The highest BCUT2D eigenvalue weighted by Crippen LogP contribution is 2.33. The zero-order valence-corrected chi connectivity index (χ0v) is 40.9. The number of nitrogens with two attached hydrogens (primary N) is 1. The van der Waals surface area contributed by atoms with Crippen LogP contribution in [0.1, 0.15) is 101 Å². The molecule has 1 saturated heterocycles. The molecule has 1 aliphatic heterocycles. The Kier molecular flexibility index (Phi) is 15.5. The molecule has 0 radical (unpaired) electrons. The maximum Gasteiger partial charge on any atom is 0.407 e. The Morgan fingerprint density at radius 3 is 1.81 bits per heavy atom. The number of primary amides is 1. The Labute approximate surface area is 405 Å². The number of imidazole rings is 2. The molecule has 0 aliphatic carbocycles. The average molecular weight is 960 g/mol. The summed E-state index contributed by atoms with van der Waals surface area (Å²) in [6.07, 6.45) is 9.48. The second-order valence-electron chi connectivity index (χ2n) is 17.9. The molecule has 0 saturated carbocycles. The van der Waals surface area contributed by atoms with E-state index in [4.69, 9.17) is 29.9 Å². The van der Waals surface area contributed by atoms with Gasteiger partial charge in [-0.15, -0.1) is 0 Å². The molecule has 6 aromatic rings. The lowest BCUT2D eigenvalue weighted by Gasteiger charge is -2.32. The summed E-state index contributed by atoms with van der Waals surface area (Å²) in [4.78, 5) is 76.2. The van der Waals surface area contributed by atoms with Gasteiger partial charge in [0.2, 0.25) is 17.8 Å². The number of anilines is 2. The molecule has 0 spiro atoms. The number of aryl methyl sites for hydroxylation is 4. The Morgan fingerprint density at radius 1 is 0.757 bits per heavy atom. The molecule has 21 nitrogen and oxygen atoms in total. The van der Waals surface area contributed by atoms with Crippen molar-refractivity contribution in [3.8, 4) is 11.5 Å². The molecule has 21 heteroatoms. The number of nitrogens with one attached hydrogen (secondary N) is 3. The molecule has 1 fully saturated rings.